The monoisotopic (exact) mass is 370 g/mol. The highest BCUT2D eigenvalue weighted by Gasteiger charge is 2.34. The summed E-state index contributed by atoms with van der Waals surface area (Å²) in [6.07, 6.45) is -0.429. The molecule has 2 aromatic carbocycles. The molecule has 5 nitrogen and oxygen atoms in total. The first-order valence-corrected chi connectivity index (χ1v) is 9.28. The second-order valence-electron chi connectivity index (χ2n) is 5.56. The Kier molecular flexibility index (Phi) is 4.23. The van der Waals surface area contributed by atoms with Crippen molar-refractivity contribution in [3.05, 3.63) is 69.7 Å². The third-order valence-electron chi connectivity index (χ3n) is 3.94. The second-order valence-corrected chi connectivity index (χ2v) is 7.25. The van der Waals surface area contributed by atoms with Crippen molar-refractivity contribution in [2.75, 3.05) is 5.75 Å². The minimum atomic E-state index is -0.429. The third-order valence-corrected chi connectivity index (χ3v) is 4.92. The van der Waals surface area contributed by atoms with Crippen molar-refractivity contribution in [2.45, 2.75) is 13.1 Å². The Morgan fingerprint density at radius 2 is 2.08 bits per heavy atom. The van der Waals surface area contributed by atoms with Crippen LogP contribution < -0.4 is 15.9 Å². The number of benzene rings is 2. The zero-order chi connectivity index (χ0) is 17.4. The standard InChI is InChI=1S/C18H15ClN4OS/c1-2-25-18-21-17(24)15-13-8-3-4-9-14(13)20-16(23(15)22-18)11-6-5-7-12(19)10-11/h3-10,16H,2H2,1H3,(H,21,22,24). The molecule has 0 spiro atoms. The zero-order valence-electron chi connectivity index (χ0n) is 13.4. The summed E-state index contributed by atoms with van der Waals surface area (Å²) in [5, 5.41) is 12.0. The molecule has 0 radical (unpaired) electrons. The van der Waals surface area contributed by atoms with E-state index in [-0.39, 0.29) is 5.91 Å². The molecule has 1 amide bonds. The van der Waals surface area contributed by atoms with E-state index < -0.39 is 6.17 Å². The first-order chi connectivity index (χ1) is 12.2. The van der Waals surface area contributed by atoms with Gasteiger partial charge in [-0.2, -0.15) is 0 Å². The van der Waals surface area contributed by atoms with Crippen LogP contribution in [0.1, 0.15) is 18.7 Å². The van der Waals surface area contributed by atoms with E-state index in [9.17, 15) is 4.79 Å². The molecule has 25 heavy (non-hydrogen) atoms. The van der Waals surface area contributed by atoms with E-state index >= 15 is 0 Å². The minimum Gasteiger partial charge on any atom is -0.298 e. The van der Waals surface area contributed by atoms with Gasteiger partial charge in [-0.3, -0.25) is 15.1 Å². The van der Waals surface area contributed by atoms with E-state index in [4.69, 9.17) is 16.6 Å². The second kappa shape index (κ2) is 6.54. The molecular formula is C18H15ClN4OS. The van der Waals surface area contributed by atoms with Crippen LogP contribution in [-0.2, 0) is 4.79 Å². The van der Waals surface area contributed by atoms with Gasteiger partial charge in [-0.1, -0.05) is 60.6 Å². The number of amides is 1. The summed E-state index contributed by atoms with van der Waals surface area (Å²) in [7, 11) is 0. The molecule has 0 bridgehead atoms. The van der Waals surface area contributed by atoms with Crippen LogP contribution in [0.2, 0.25) is 5.02 Å². The van der Waals surface area contributed by atoms with E-state index in [2.05, 4.69) is 10.4 Å². The lowest BCUT2D eigenvalue weighted by atomic mass is 10.1. The van der Waals surface area contributed by atoms with Gasteiger partial charge in [-0.05, 0) is 29.5 Å². The fraction of sp³-hybridized carbons (Fsp3) is 0.167. The highest BCUT2D eigenvalue weighted by Crippen LogP contribution is 2.31. The Labute approximate surface area is 154 Å². The fourth-order valence-corrected chi connectivity index (χ4v) is 3.70. The van der Waals surface area contributed by atoms with Crippen molar-refractivity contribution in [1.82, 2.24) is 10.3 Å². The first kappa shape index (κ1) is 16.2. The molecule has 0 fully saturated rings. The van der Waals surface area contributed by atoms with Gasteiger partial charge in [0.2, 0.25) is 0 Å². The van der Waals surface area contributed by atoms with E-state index in [0.717, 1.165) is 21.9 Å². The fourth-order valence-electron chi connectivity index (χ4n) is 2.91. The van der Waals surface area contributed by atoms with Crippen molar-refractivity contribution < 1.29 is 4.79 Å². The van der Waals surface area contributed by atoms with Crippen LogP contribution in [0, 0.1) is 0 Å². The Morgan fingerprint density at radius 3 is 2.88 bits per heavy atom. The first-order valence-electron chi connectivity index (χ1n) is 7.92. The lowest BCUT2D eigenvalue weighted by Crippen LogP contribution is -2.50. The number of carbonyl (C=O) groups is 1. The van der Waals surface area contributed by atoms with Crippen LogP contribution in [0.3, 0.4) is 0 Å². The predicted octanol–water partition coefficient (Wildman–Crippen LogP) is 2.24. The Bertz CT molecular complexity index is 1000. The SMILES string of the molecule is CCSC1=NN2C(=c3ccccc3=NC2c2cccc(Cl)c2)C(=O)N1. The number of para-hydroxylation sites is 1. The predicted molar refractivity (Wildman–Crippen MR) is 100 cm³/mol. The number of thioether (sulfide) groups is 1. The molecule has 0 saturated heterocycles. The van der Waals surface area contributed by atoms with Gasteiger partial charge in [0.15, 0.2) is 11.3 Å². The molecule has 2 heterocycles. The van der Waals surface area contributed by atoms with Gasteiger partial charge in [0.1, 0.15) is 5.70 Å². The van der Waals surface area contributed by atoms with Gasteiger partial charge >= 0.3 is 0 Å². The lowest BCUT2D eigenvalue weighted by molar-refractivity contribution is -0.116. The number of fused-ring (bicyclic) bond motifs is 2. The Hall–Kier alpha value is -2.31. The van der Waals surface area contributed by atoms with Crippen molar-refractivity contribution in [2.24, 2.45) is 10.1 Å². The number of halogens is 1. The summed E-state index contributed by atoms with van der Waals surface area (Å²) in [5.41, 5.74) is 1.40. The van der Waals surface area contributed by atoms with Gasteiger partial charge in [-0.25, -0.2) is 5.01 Å². The van der Waals surface area contributed by atoms with Crippen molar-refractivity contribution in [3.8, 4) is 0 Å². The Morgan fingerprint density at radius 1 is 1.24 bits per heavy atom. The molecule has 2 aliphatic rings. The van der Waals surface area contributed by atoms with Crippen LogP contribution in [0.25, 0.3) is 5.70 Å². The van der Waals surface area contributed by atoms with Crippen LogP contribution in [0.4, 0.5) is 0 Å². The molecule has 2 aromatic rings. The number of amidine groups is 1. The molecule has 2 aliphatic heterocycles. The van der Waals surface area contributed by atoms with Gasteiger partial charge in [0.05, 0.1) is 5.36 Å². The number of rotatable bonds is 2. The number of carbonyl (C=O) groups excluding carboxylic acids is 1. The normalized spacial score (nSPS) is 18.7. The minimum absolute atomic E-state index is 0.166. The van der Waals surface area contributed by atoms with Crippen molar-refractivity contribution >= 4 is 40.1 Å². The summed E-state index contributed by atoms with van der Waals surface area (Å²) >= 11 is 7.65. The summed E-state index contributed by atoms with van der Waals surface area (Å²) in [5.74, 6) is 0.651. The van der Waals surface area contributed by atoms with E-state index in [0.29, 0.717) is 15.9 Å². The maximum absolute atomic E-state index is 12.8. The number of nitrogens with zero attached hydrogens (tertiary/aromatic N) is 3. The zero-order valence-corrected chi connectivity index (χ0v) is 15.0. The lowest BCUT2D eigenvalue weighted by Gasteiger charge is -2.34. The average Bonchev–Trinajstić information content (AvgIpc) is 2.61. The number of hydrogen-bond donors (Lipinski definition) is 1. The van der Waals surface area contributed by atoms with Gasteiger partial charge < -0.3 is 0 Å². The quantitative estimate of drug-likeness (QED) is 0.882. The van der Waals surface area contributed by atoms with Crippen molar-refractivity contribution in [3.63, 3.8) is 0 Å². The Balaban J connectivity index is 1.96. The number of hydrazone groups is 1. The van der Waals surface area contributed by atoms with Crippen LogP contribution in [-0.4, -0.2) is 21.8 Å². The number of hydrogen-bond acceptors (Lipinski definition) is 5. The third kappa shape index (κ3) is 2.92. The summed E-state index contributed by atoms with van der Waals surface area (Å²) < 4.78 is 0. The van der Waals surface area contributed by atoms with Gasteiger partial charge in [0, 0.05) is 10.2 Å². The molecule has 4 rings (SSSR count). The maximum atomic E-state index is 12.8. The summed E-state index contributed by atoms with van der Waals surface area (Å²) in [4.78, 5) is 17.6. The van der Waals surface area contributed by atoms with Gasteiger partial charge in [0.25, 0.3) is 5.91 Å². The van der Waals surface area contributed by atoms with E-state index in [1.54, 1.807) is 5.01 Å². The van der Waals surface area contributed by atoms with E-state index in [1.165, 1.54) is 11.8 Å². The highest BCUT2D eigenvalue weighted by atomic mass is 35.5. The van der Waals surface area contributed by atoms with E-state index in [1.807, 2.05) is 55.5 Å². The van der Waals surface area contributed by atoms with Gasteiger partial charge in [-0.15, -0.1) is 5.10 Å². The molecule has 1 unspecified atom stereocenters. The summed E-state index contributed by atoms with van der Waals surface area (Å²) in [6, 6.07) is 15.1. The molecule has 0 saturated carbocycles. The number of nitrogens with one attached hydrogen (secondary N) is 1. The molecule has 7 heteroatoms. The molecule has 1 N–H and O–H groups in total. The molecule has 1 atom stereocenters. The van der Waals surface area contributed by atoms with Crippen LogP contribution >= 0.6 is 23.4 Å². The van der Waals surface area contributed by atoms with Crippen LogP contribution in [0.15, 0.2) is 58.6 Å². The average molecular weight is 371 g/mol. The molecule has 126 valence electrons. The summed E-state index contributed by atoms with van der Waals surface area (Å²) in [6.45, 7) is 2.02. The van der Waals surface area contributed by atoms with Crippen molar-refractivity contribution in [1.29, 1.82) is 0 Å². The molecular weight excluding hydrogens is 356 g/mol. The topological polar surface area (TPSA) is 57.1 Å². The highest BCUT2D eigenvalue weighted by molar-refractivity contribution is 8.13. The molecule has 0 aromatic heterocycles. The smallest absolute Gasteiger partial charge is 0.276 e. The van der Waals surface area contributed by atoms with Crippen LogP contribution in [0.5, 0.6) is 0 Å². The molecule has 0 aliphatic carbocycles. The maximum Gasteiger partial charge on any atom is 0.276 e. The largest absolute Gasteiger partial charge is 0.298 e.